The topological polar surface area (TPSA) is 81.0 Å². The number of anilines is 2. The van der Waals surface area contributed by atoms with Crippen LogP contribution in [0, 0.1) is 0 Å². The fourth-order valence-corrected chi connectivity index (χ4v) is 3.40. The number of hydrogen-bond donors (Lipinski definition) is 1. The molecule has 7 heteroatoms. The molecule has 1 aliphatic rings. The van der Waals surface area contributed by atoms with E-state index in [1.54, 1.807) is 29.2 Å². The summed E-state index contributed by atoms with van der Waals surface area (Å²) in [6.45, 7) is 0.876. The van der Waals surface area contributed by atoms with Crippen molar-refractivity contribution >= 4 is 23.2 Å². The lowest BCUT2D eigenvalue weighted by Gasteiger charge is -2.19. The van der Waals surface area contributed by atoms with E-state index in [0.717, 1.165) is 6.42 Å². The maximum atomic E-state index is 12.7. The Morgan fingerprint density at radius 3 is 2.73 bits per heavy atom. The highest BCUT2D eigenvalue weighted by atomic mass is 16.5. The maximum Gasteiger partial charge on any atom is 0.291 e. The molecule has 1 aliphatic heterocycles. The average molecular weight is 406 g/mol. The number of furan rings is 1. The largest absolute Gasteiger partial charge is 0.494 e. The molecule has 1 aromatic heterocycles. The number of nitrogens with zero attached hydrogens (tertiary/aromatic N) is 1. The third kappa shape index (κ3) is 4.15. The number of carbonyl (C=O) groups excluding carboxylic acids is 2. The summed E-state index contributed by atoms with van der Waals surface area (Å²) in [6, 6.07) is 16.3. The van der Waals surface area contributed by atoms with Crippen LogP contribution < -0.4 is 19.7 Å². The molecule has 0 radical (unpaired) electrons. The second kappa shape index (κ2) is 8.73. The average Bonchev–Trinajstić information content (AvgIpc) is 3.42. The van der Waals surface area contributed by atoms with Crippen LogP contribution in [0.4, 0.5) is 11.4 Å². The van der Waals surface area contributed by atoms with E-state index in [1.807, 2.05) is 30.3 Å². The van der Waals surface area contributed by atoms with Gasteiger partial charge < -0.3 is 24.1 Å². The van der Waals surface area contributed by atoms with Crippen LogP contribution in [0.15, 0.2) is 65.3 Å². The molecule has 2 amide bonds. The van der Waals surface area contributed by atoms with Crippen molar-refractivity contribution in [3.63, 3.8) is 0 Å². The fourth-order valence-electron chi connectivity index (χ4n) is 3.40. The van der Waals surface area contributed by atoms with Crippen molar-refractivity contribution in [2.45, 2.75) is 19.4 Å². The van der Waals surface area contributed by atoms with Crippen molar-refractivity contribution in [1.82, 2.24) is 0 Å². The second-order valence-electron chi connectivity index (χ2n) is 6.87. The minimum Gasteiger partial charge on any atom is -0.494 e. The van der Waals surface area contributed by atoms with Crippen LogP contribution in [0.3, 0.4) is 0 Å². The van der Waals surface area contributed by atoms with E-state index < -0.39 is 5.91 Å². The van der Waals surface area contributed by atoms with Crippen LogP contribution in [0.1, 0.15) is 29.0 Å². The lowest BCUT2D eigenvalue weighted by molar-refractivity contribution is -0.117. The summed E-state index contributed by atoms with van der Waals surface area (Å²) < 4.78 is 16.5. The SMILES string of the molecule is COc1cc(NC(=O)c2occc2COc2ccccc2)ccc1N1CCCC1=O. The summed E-state index contributed by atoms with van der Waals surface area (Å²) in [4.78, 5) is 26.5. The Kier molecular flexibility index (Phi) is 5.70. The standard InChI is InChI=1S/C23H22N2O5/c1-28-20-14-17(9-10-19(20)25-12-5-8-21(25)26)24-23(27)22-16(11-13-29-22)15-30-18-6-3-2-4-7-18/h2-4,6-7,9-11,13-14H,5,8,12,15H2,1H3,(H,24,27). The Labute approximate surface area is 174 Å². The molecule has 1 N–H and O–H groups in total. The lowest BCUT2D eigenvalue weighted by Crippen LogP contribution is -2.24. The van der Waals surface area contributed by atoms with Gasteiger partial charge >= 0.3 is 0 Å². The van der Waals surface area contributed by atoms with E-state index >= 15 is 0 Å². The number of nitrogens with one attached hydrogen (secondary N) is 1. The highest BCUT2D eigenvalue weighted by molar-refractivity contribution is 6.04. The Bertz CT molecular complexity index is 1040. The summed E-state index contributed by atoms with van der Waals surface area (Å²) >= 11 is 0. The van der Waals surface area contributed by atoms with Crippen LogP contribution in [0.25, 0.3) is 0 Å². The molecule has 0 atom stereocenters. The molecule has 0 unspecified atom stereocenters. The van der Waals surface area contributed by atoms with Crippen molar-refractivity contribution in [2.24, 2.45) is 0 Å². The van der Waals surface area contributed by atoms with Gasteiger partial charge in [-0.3, -0.25) is 9.59 Å². The van der Waals surface area contributed by atoms with Gasteiger partial charge in [0.1, 0.15) is 18.1 Å². The van der Waals surface area contributed by atoms with Gasteiger partial charge in [-0.15, -0.1) is 0 Å². The predicted molar refractivity (Wildman–Crippen MR) is 112 cm³/mol. The molecule has 0 saturated carbocycles. The Morgan fingerprint density at radius 2 is 2.00 bits per heavy atom. The lowest BCUT2D eigenvalue weighted by atomic mass is 10.2. The summed E-state index contributed by atoms with van der Waals surface area (Å²) in [7, 11) is 1.54. The first-order chi connectivity index (χ1) is 14.7. The maximum absolute atomic E-state index is 12.7. The van der Waals surface area contributed by atoms with E-state index in [9.17, 15) is 9.59 Å². The molecular weight excluding hydrogens is 384 g/mol. The first kappa shape index (κ1) is 19.6. The van der Waals surface area contributed by atoms with Gasteiger partial charge in [-0.1, -0.05) is 18.2 Å². The highest BCUT2D eigenvalue weighted by Crippen LogP contribution is 2.34. The third-order valence-corrected chi connectivity index (χ3v) is 4.89. The smallest absolute Gasteiger partial charge is 0.291 e. The number of ether oxygens (including phenoxy) is 2. The summed E-state index contributed by atoms with van der Waals surface area (Å²) in [6.07, 6.45) is 2.82. The molecule has 30 heavy (non-hydrogen) atoms. The van der Waals surface area contributed by atoms with Gasteiger partial charge in [0.15, 0.2) is 5.76 Å². The van der Waals surface area contributed by atoms with Gasteiger partial charge in [-0.25, -0.2) is 0 Å². The number of benzene rings is 2. The molecule has 154 valence electrons. The summed E-state index contributed by atoms with van der Waals surface area (Å²) in [5.41, 5.74) is 1.88. The highest BCUT2D eigenvalue weighted by Gasteiger charge is 2.25. The monoisotopic (exact) mass is 406 g/mol. The summed E-state index contributed by atoms with van der Waals surface area (Å²) in [5.74, 6) is 1.10. The van der Waals surface area contributed by atoms with Crippen LogP contribution >= 0.6 is 0 Å². The van der Waals surface area contributed by atoms with Gasteiger partial charge in [0.2, 0.25) is 5.91 Å². The number of hydrogen-bond acceptors (Lipinski definition) is 5. The molecule has 0 spiro atoms. The molecule has 7 nitrogen and oxygen atoms in total. The normalized spacial score (nSPS) is 13.4. The zero-order valence-corrected chi connectivity index (χ0v) is 16.6. The number of methoxy groups -OCH3 is 1. The van der Waals surface area contributed by atoms with Crippen molar-refractivity contribution in [3.05, 3.63) is 72.2 Å². The van der Waals surface area contributed by atoms with E-state index in [1.165, 1.54) is 13.4 Å². The predicted octanol–water partition coefficient (Wildman–Crippen LogP) is 4.25. The minimum atomic E-state index is -0.390. The van der Waals surface area contributed by atoms with Gasteiger partial charge in [-0.2, -0.15) is 0 Å². The van der Waals surface area contributed by atoms with Crippen molar-refractivity contribution < 1.29 is 23.5 Å². The molecule has 3 aromatic rings. The Balaban J connectivity index is 1.46. The van der Waals surface area contributed by atoms with Gasteiger partial charge in [0.05, 0.1) is 19.1 Å². The van der Waals surface area contributed by atoms with Gasteiger partial charge in [0.25, 0.3) is 5.91 Å². The van der Waals surface area contributed by atoms with E-state index in [0.29, 0.717) is 41.4 Å². The Hall–Kier alpha value is -3.74. The number of amides is 2. The van der Waals surface area contributed by atoms with Crippen molar-refractivity contribution in [1.29, 1.82) is 0 Å². The second-order valence-corrected chi connectivity index (χ2v) is 6.87. The quantitative estimate of drug-likeness (QED) is 0.635. The van der Waals surface area contributed by atoms with Gasteiger partial charge in [0, 0.05) is 30.3 Å². The molecule has 2 aromatic carbocycles. The molecule has 0 aliphatic carbocycles. The first-order valence-corrected chi connectivity index (χ1v) is 9.69. The van der Waals surface area contributed by atoms with E-state index in [2.05, 4.69) is 5.32 Å². The van der Waals surface area contributed by atoms with E-state index in [-0.39, 0.29) is 18.3 Å². The van der Waals surface area contributed by atoms with E-state index in [4.69, 9.17) is 13.9 Å². The third-order valence-electron chi connectivity index (χ3n) is 4.89. The molecule has 0 bridgehead atoms. The molecule has 1 fully saturated rings. The van der Waals surface area contributed by atoms with Gasteiger partial charge in [-0.05, 0) is 36.8 Å². The zero-order chi connectivity index (χ0) is 20.9. The van der Waals surface area contributed by atoms with Crippen molar-refractivity contribution in [3.8, 4) is 11.5 Å². The molecule has 4 rings (SSSR count). The van der Waals surface area contributed by atoms with Crippen LogP contribution in [0.5, 0.6) is 11.5 Å². The number of rotatable bonds is 7. The van der Waals surface area contributed by atoms with Crippen LogP contribution in [0.2, 0.25) is 0 Å². The molecule has 1 saturated heterocycles. The first-order valence-electron chi connectivity index (χ1n) is 9.69. The number of para-hydroxylation sites is 1. The van der Waals surface area contributed by atoms with Crippen molar-refractivity contribution in [2.75, 3.05) is 23.9 Å². The Morgan fingerprint density at radius 1 is 1.17 bits per heavy atom. The fraction of sp³-hybridized carbons (Fsp3) is 0.217. The van der Waals surface area contributed by atoms with Crippen LogP contribution in [-0.2, 0) is 11.4 Å². The summed E-state index contributed by atoms with van der Waals surface area (Å²) in [5, 5.41) is 2.81. The number of carbonyl (C=O) groups is 2. The zero-order valence-electron chi connectivity index (χ0n) is 16.6. The molecule has 2 heterocycles. The molecular formula is C23H22N2O5. The van der Waals surface area contributed by atoms with Crippen LogP contribution in [-0.4, -0.2) is 25.5 Å². The minimum absolute atomic E-state index is 0.0729.